The average Bonchev–Trinajstić information content (AvgIpc) is 3.88. The number of aliphatic imine (C=N–C) groups is 2. The van der Waals surface area contributed by atoms with E-state index in [1.807, 2.05) is 88.7 Å². The van der Waals surface area contributed by atoms with Crippen molar-refractivity contribution < 1.29 is 26.8 Å². The molecule has 9 rings (SSSR count). The summed E-state index contributed by atoms with van der Waals surface area (Å²) >= 11 is 5.35. The molecule has 0 aliphatic carbocycles. The van der Waals surface area contributed by atoms with E-state index in [4.69, 9.17) is 9.98 Å². The topological polar surface area (TPSA) is 65.3 Å². The van der Waals surface area contributed by atoms with Gasteiger partial charge >= 0.3 is 30.6 Å². The normalized spacial score (nSPS) is 17.5. The Morgan fingerprint density at radius 2 is 0.686 bits per heavy atom. The van der Waals surface area contributed by atoms with Crippen LogP contribution in [0.4, 0.5) is 0 Å². The van der Waals surface area contributed by atoms with Crippen LogP contribution in [0.1, 0.15) is 145 Å². The minimum absolute atomic E-state index is 0.146. The van der Waals surface area contributed by atoms with E-state index in [0.29, 0.717) is 33.9 Å². The molecule has 0 radical (unpaired) electrons. The van der Waals surface area contributed by atoms with E-state index in [1.54, 1.807) is 0 Å². The molecule has 0 unspecified atom stereocenters. The molecule has 7 aromatic carbocycles. The van der Waals surface area contributed by atoms with E-state index in [9.17, 15) is 0 Å². The van der Waals surface area contributed by atoms with Crippen molar-refractivity contribution in [3.8, 4) is 0 Å². The van der Waals surface area contributed by atoms with Crippen LogP contribution in [0.2, 0.25) is 0 Å². The molecular formula is C62H61BrN4O2Pd. The third-order valence-electron chi connectivity index (χ3n) is 14.0. The van der Waals surface area contributed by atoms with Gasteiger partial charge < -0.3 is 9.80 Å². The van der Waals surface area contributed by atoms with Gasteiger partial charge in [-0.2, -0.15) is 0 Å². The Kier molecular flexibility index (Phi) is 14.9. The maximum absolute atomic E-state index is 15.5. The number of amidine groups is 2. The number of benzene rings is 7. The number of hydrogen-bond acceptors (Lipinski definition) is 4. The first-order chi connectivity index (χ1) is 33.5. The predicted molar refractivity (Wildman–Crippen MR) is 286 cm³/mol. The van der Waals surface area contributed by atoms with Crippen LogP contribution in [0.5, 0.6) is 0 Å². The van der Waals surface area contributed by atoms with Crippen LogP contribution >= 0.6 is 13.4 Å². The number of hydrogen-bond donors (Lipinski definition) is 0. The molecule has 8 heteroatoms. The molecule has 0 saturated heterocycles. The quantitative estimate of drug-likeness (QED) is 0.112. The standard InChI is InChI=1S/C62H61N4O2.BrH.Pd/c1-35-26-39(5)51(40(6)27-35)55-57(53-43(9)30-37(3)31-44(53)10)65(61(67)47-20-15-13-16-21-47)59(63-55)49-24-19-25-50(34-49)60-64-56(52-41(7)28-36(2)29-42(52)8)58(54-45(11)32-38(4)33-46(54)12)66(60)62(68)48-22-17-14-18-23-48;;/h13-33,55-58H,1-12H3;1H;/q-1;;+2/p-1/t55-,56-,57-,58-;;/m0../s1. The van der Waals surface area contributed by atoms with Crippen LogP contribution in [0.3, 0.4) is 0 Å². The molecule has 358 valence electrons. The fourth-order valence-corrected chi connectivity index (χ4v) is 11.7. The minimum atomic E-state index is -0.468. The van der Waals surface area contributed by atoms with Crippen molar-refractivity contribution in [3.05, 3.63) is 245 Å². The molecule has 0 aromatic heterocycles. The van der Waals surface area contributed by atoms with Gasteiger partial charge in [0.2, 0.25) is 0 Å². The first-order valence-corrected chi connectivity index (χ1v) is 27.5. The van der Waals surface area contributed by atoms with E-state index in [0.717, 1.165) is 66.8 Å². The molecule has 2 aliphatic rings. The monoisotopic (exact) mass is 1080 g/mol. The van der Waals surface area contributed by atoms with Gasteiger partial charge in [-0.15, -0.1) is 24.3 Å². The molecular weight excluding hydrogens is 1020 g/mol. The van der Waals surface area contributed by atoms with E-state index >= 15 is 9.59 Å². The molecule has 4 atom stereocenters. The van der Waals surface area contributed by atoms with Crippen LogP contribution in [-0.2, 0) is 17.2 Å². The summed E-state index contributed by atoms with van der Waals surface area (Å²) in [6, 6.07) is 44.7. The van der Waals surface area contributed by atoms with E-state index in [2.05, 4.69) is 168 Å². The Labute approximate surface area is 432 Å². The molecule has 0 N–H and O–H groups in total. The van der Waals surface area contributed by atoms with E-state index in [-0.39, 0.29) is 11.8 Å². The number of carbonyl (C=O) groups is 2. The third-order valence-corrected chi connectivity index (χ3v) is 14.0. The number of halogens is 1. The number of carbonyl (C=O) groups excluding carboxylic acids is 2. The second-order valence-corrected chi connectivity index (χ2v) is 19.5. The Hall–Kier alpha value is -6.04. The molecule has 2 heterocycles. The fourth-order valence-electron chi connectivity index (χ4n) is 11.7. The number of rotatable bonds is 8. The Morgan fingerprint density at radius 3 is 0.971 bits per heavy atom. The van der Waals surface area contributed by atoms with Crippen molar-refractivity contribution in [2.75, 3.05) is 0 Å². The van der Waals surface area contributed by atoms with Gasteiger partial charge in [0.1, 0.15) is 0 Å². The average molecular weight is 1080 g/mol. The van der Waals surface area contributed by atoms with Crippen molar-refractivity contribution in [2.24, 2.45) is 9.98 Å². The van der Waals surface area contributed by atoms with Crippen LogP contribution in [0.15, 0.2) is 137 Å². The summed E-state index contributed by atoms with van der Waals surface area (Å²) in [6.45, 7) is 25.7. The van der Waals surface area contributed by atoms with Crippen LogP contribution in [-0.4, -0.2) is 33.3 Å². The zero-order chi connectivity index (χ0) is 50.3. The molecule has 2 aliphatic heterocycles. The molecule has 70 heavy (non-hydrogen) atoms. The van der Waals surface area contributed by atoms with Crippen molar-refractivity contribution >= 4 is 36.9 Å². The van der Waals surface area contributed by atoms with Crippen LogP contribution in [0.25, 0.3) is 0 Å². The second kappa shape index (κ2) is 20.7. The fraction of sp³-hybridized carbons (Fsp3) is 0.258. The zero-order valence-corrected chi connectivity index (χ0v) is 45.4. The summed E-state index contributed by atoms with van der Waals surface area (Å²) in [5.41, 5.74) is 20.4. The van der Waals surface area contributed by atoms with Crippen molar-refractivity contribution in [3.63, 3.8) is 0 Å². The van der Waals surface area contributed by atoms with Gasteiger partial charge in [0, 0.05) is 11.1 Å². The van der Waals surface area contributed by atoms with Gasteiger partial charge in [-0.25, -0.2) is 0 Å². The van der Waals surface area contributed by atoms with Gasteiger partial charge in [-0.1, -0.05) is 118 Å². The summed E-state index contributed by atoms with van der Waals surface area (Å²) in [5.74, 6) is 0.759. The molecule has 0 saturated carbocycles. The number of nitrogens with zero attached hydrogens (tertiary/aromatic N) is 4. The Balaban J connectivity index is 0.00000325. The van der Waals surface area contributed by atoms with Crippen LogP contribution < -0.4 is 0 Å². The maximum atomic E-state index is 15.5. The zero-order valence-electron chi connectivity index (χ0n) is 42.2. The van der Waals surface area contributed by atoms with Gasteiger partial charge in [-0.05, 0) is 174 Å². The molecule has 0 bridgehead atoms. The molecule has 0 spiro atoms. The Bertz CT molecular complexity index is 2930. The predicted octanol–water partition coefficient (Wildman–Crippen LogP) is 14.8. The number of aryl methyl sites for hydroxylation is 12. The first-order valence-electron chi connectivity index (χ1n) is 23.9. The van der Waals surface area contributed by atoms with E-state index < -0.39 is 24.2 Å². The van der Waals surface area contributed by atoms with Gasteiger partial charge in [0.05, 0.1) is 35.8 Å². The molecule has 7 aromatic rings. The van der Waals surface area contributed by atoms with Gasteiger partial charge in [0.15, 0.2) is 0 Å². The third kappa shape index (κ3) is 9.47. The summed E-state index contributed by atoms with van der Waals surface area (Å²) < 4.78 is 0. The van der Waals surface area contributed by atoms with Crippen molar-refractivity contribution in [1.82, 2.24) is 9.80 Å². The Morgan fingerprint density at radius 1 is 0.414 bits per heavy atom. The van der Waals surface area contributed by atoms with Crippen LogP contribution in [0, 0.1) is 89.2 Å². The SMILES string of the molecule is Cc1cc(C)c([C@@H]2N=C(c3[c-]c(C4=N[C@@H](c5c(C)cc(C)cc5C)[C@H](c5c(C)cc(C)cc5C)N4C(=O)c4ccccc4)ccc3)N(C(=O)c3ccccc3)[C@H]2c2c(C)cc(C)cc2C)c(C)c1.[Br][Pd+]. The van der Waals surface area contributed by atoms with Gasteiger partial charge in [0.25, 0.3) is 11.8 Å². The summed E-state index contributed by atoms with van der Waals surface area (Å²) in [5, 5.41) is 0. The second-order valence-electron chi connectivity index (χ2n) is 19.5. The summed E-state index contributed by atoms with van der Waals surface area (Å²) in [7, 11) is 0. The summed E-state index contributed by atoms with van der Waals surface area (Å²) in [6.07, 6.45) is 0. The molecule has 0 fully saturated rings. The molecule has 6 nitrogen and oxygen atoms in total. The van der Waals surface area contributed by atoms with Crippen molar-refractivity contribution in [2.45, 2.75) is 107 Å². The van der Waals surface area contributed by atoms with Gasteiger partial charge in [-0.3, -0.25) is 19.6 Å². The first kappa shape index (κ1) is 50.4. The molecule has 2 amide bonds. The van der Waals surface area contributed by atoms with E-state index in [1.165, 1.54) is 22.3 Å². The summed E-state index contributed by atoms with van der Waals surface area (Å²) in [4.78, 5) is 46.2. The number of amides is 2. The van der Waals surface area contributed by atoms with Crippen molar-refractivity contribution in [1.29, 1.82) is 0 Å².